The first-order valence-electron chi connectivity index (χ1n) is 8.15. The predicted molar refractivity (Wildman–Crippen MR) is 97.4 cm³/mol. The van der Waals surface area contributed by atoms with Crippen LogP contribution in [0, 0.1) is 5.41 Å². The number of amides is 1. The molecule has 2 N–H and O–H groups in total. The third kappa shape index (κ3) is 2.61. The van der Waals surface area contributed by atoms with Gasteiger partial charge in [0, 0.05) is 53.4 Å². The Morgan fingerprint density at radius 2 is 1.96 bits per heavy atom. The number of carbonyl (C=O) groups is 1. The van der Waals surface area contributed by atoms with E-state index in [1.165, 1.54) is 4.88 Å². The second-order valence-corrected chi connectivity index (χ2v) is 7.34. The van der Waals surface area contributed by atoms with Gasteiger partial charge in [-0.05, 0) is 36.7 Å². The standard InChI is InChI=1S/C18H20N4OS/c1-21-5-7-22(8-6-21)18(23)12-2-3-13-15(10-12)20-11-16-14(17(13)19)4-9-24-16/h2-4,9-10,19-20H,5-8,11H2,1H3. The van der Waals surface area contributed by atoms with Crippen LogP contribution < -0.4 is 5.32 Å². The molecule has 6 heteroatoms. The average molecular weight is 340 g/mol. The Kier molecular flexibility index (Phi) is 3.86. The number of nitrogens with one attached hydrogen (secondary N) is 2. The van der Waals surface area contributed by atoms with Crippen molar-refractivity contribution < 1.29 is 4.79 Å². The van der Waals surface area contributed by atoms with Crippen LogP contribution in [0.2, 0.25) is 0 Å². The van der Waals surface area contributed by atoms with Crippen LogP contribution in [-0.2, 0) is 6.54 Å². The quantitative estimate of drug-likeness (QED) is 0.838. The molecule has 4 rings (SSSR count). The van der Waals surface area contributed by atoms with Crippen molar-refractivity contribution in [3.63, 3.8) is 0 Å². The molecule has 0 spiro atoms. The number of fused-ring (bicyclic) bond motifs is 2. The maximum absolute atomic E-state index is 12.8. The normalized spacial score (nSPS) is 17.7. The zero-order valence-electron chi connectivity index (χ0n) is 13.6. The number of carbonyl (C=O) groups excluding carboxylic acids is 1. The molecule has 2 aliphatic rings. The zero-order chi connectivity index (χ0) is 16.7. The highest BCUT2D eigenvalue weighted by atomic mass is 32.1. The molecule has 1 aromatic heterocycles. The fourth-order valence-corrected chi connectivity index (χ4v) is 4.08. The van der Waals surface area contributed by atoms with E-state index in [1.807, 2.05) is 34.5 Å². The Hall–Kier alpha value is -2.18. The average Bonchev–Trinajstić information content (AvgIpc) is 3.03. The fraction of sp³-hybridized carbons (Fsp3) is 0.333. The van der Waals surface area contributed by atoms with Crippen molar-refractivity contribution in [3.8, 4) is 0 Å². The van der Waals surface area contributed by atoms with Gasteiger partial charge >= 0.3 is 0 Å². The van der Waals surface area contributed by atoms with E-state index < -0.39 is 0 Å². The minimum atomic E-state index is 0.0817. The molecule has 1 aromatic carbocycles. The Morgan fingerprint density at radius 3 is 2.75 bits per heavy atom. The topological polar surface area (TPSA) is 59.4 Å². The molecule has 1 amide bonds. The maximum Gasteiger partial charge on any atom is 0.254 e. The molecule has 2 aliphatic heterocycles. The van der Waals surface area contributed by atoms with E-state index in [4.69, 9.17) is 5.41 Å². The minimum Gasteiger partial charge on any atom is -0.380 e. The molecule has 2 aromatic rings. The van der Waals surface area contributed by atoms with Crippen molar-refractivity contribution in [2.45, 2.75) is 6.54 Å². The third-order valence-electron chi connectivity index (χ3n) is 4.78. The molecule has 0 unspecified atom stereocenters. The molecular weight excluding hydrogens is 320 g/mol. The first kappa shape index (κ1) is 15.4. The molecular formula is C18H20N4OS. The summed E-state index contributed by atoms with van der Waals surface area (Å²) in [5.74, 6) is 0.0817. The van der Waals surface area contributed by atoms with Crippen molar-refractivity contribution in [2.24, 2.45) is 0 Å². The summed E-state index contributed by atoms with van der Waals surface area (Å²) in [6, 6.07) is 7.66. The summed E-state index contributed by atoms with van der Waals surface area (Å²) in [6.07, 6.45) is 0. The van der Waals surface area contributed by atoms with E-state index in [2.05, 4.69) is 17.3 Å². The fourth-order valence-electron chi connectivity index (χ4n) is 3.25. The van der Waals surface area contributed by atoms with Crippen LogP contribution in [0.4, 0.5) is 5.69 Å². The summed E-state index contributed by atoms with van der Waals surface area (Å²) < 4.78 is 0. The molecule has 1 fully saturated rings. The van der Waals surface area contributed by atoms with Gasteiger partial charge in [0.15, 0.2) is 0 Å². The first-order chi connectivity index (χ1) is 11.6. The molecule has 124 valence electrons. The van der Waals surface area contributed by atoms with Crippen LogP contribution in [-0.4, -0.2) is 54.6 Å². The summed E-state index contributed by atoms with van der Waals surface area (Å²) in [5.41, 5.74) is 3.96. The monoisotopic (exact) mass is 340 g/mol. The molecule has 24 heavy (non-hydrogen) atoms. The zero-order valence-corrected chi connectivity index (χ0v) is 14.4. The summed E-state index contributed by atoms with van der Waals surface area (Å²) in [6.45, 7) is 4.08. The Labute approximate surface area is 145 Å². The van der Waals surface area contributed by atoms with Crippen molar-refractivity contribution in [1.82, 2.24) is 9.80 Å². The van der Waals surface area contributed by atoms with Gasteiger partial charge in [0.05, 0.1) is 12.3 Å². The lowest BCUT2D eigenvalue weighted by molar-refractivity contribution is 0.0664. The SMILES string of the molecule is CN1CCN(C(=O)c2ccc3c(c2)NCc2sccc2C3=N)CC1. The number of rotatable bonds is 1. The van der Waals surface area contributed by atoms with Crippen LogP contribution in [0.3, 0.4) is 0 Å². The summed E-state index contributed by atoms with van der Waals surface area (Å²) in [5, 5.41) is 13.9. The highest BCUT2D eigenvalue weighted by Gasteiger charge is 2.23. The molecule has 0 radical (unpaired) electrons. The van der Waals surface area contributed by atoms with Crippen LogP contribution in [0.5, 0.6) is 0 Å². The van der Waals surface area contributed by atoms with Crippen molar-refractivity contribution in [1.29, 1.82) is 5.41 Å². The van der Waals surface area contributed by atoms with Gasteiger partial charge in [-0.1, -0.05) is 0 Å². The molecule has 5 nitrogen and oxygen atoms in total. The molecule has 1 saturated heterocycles. The molecule has 0 atom stereocenters. The van der Waals surface area contributed by atoms with E-state index in [1.54, 1.807) is 11.3 Å². The number of piperazine rings is 1. The Bertz CT molecular complexity index is 805. The number of benzene rings is 1. The smallest absolute Gasteiger partial charge is 0.254 e. The van der Waals surface area contributed by atoms with E-state index in [0.29, 0.717) is 17.8 Å². The molecule has 0 saturated carbocycles. The molecule has 0 aliphatic carbocycles. The lowest BCUT2D eigenvalue weighted by Crippen LogP contribution is -2.47. The highest BCUT2D eigenvalue weighted by Crippen LogP contribution is 2.30. The van der Waals surface area contributed by atoms with Gasteiger partial charge in [-0.2, -0.15) is 0 Å². The van der Waals surface area contributed by atoms with Gasteiger partial charge in [-0.3, -0.25) is 10.2 Å². The van der Waals surface area contributed by atoms with Gasteiger partial charge in [0.1, 0.15) is 0 Å². The maximum atomic E-state index is 12.8. The van der Waals surface area contributed by atoms with Crippen LogP contribution in [0.15, 0.2) is 29.6 Å². The number of anilines is 1. The van der Waals surface area contributed by atoms with E-state index in [9.17, 15) is 4.79 Å². The number of hydrogen-bond donors (Lipinski definition) is 2. The van der Waals surface area contributed by atoms with Gasteiger partial charge in [0.2, 0.25) is 0 Å². The second-order valence-electron chi connectivity index (χ2n) is 6.34. The number of nitrogens with zero attached hydrogens (tertiary/aromatic N) is 2. The summed E-state index contributed by atoms with van der Waals surface area (Å²) >= 11 is 1.66. The second kappa shape index (κ2) is 6.03. The lowest BCUT2D eigenvalue weighted by atomic mass is 10.0. The Morgan fingerprint density at radius 1 is 1.17 bits per heavy atom. The minimum absolute atomic E-state index is 0.0817. The van der Waals surface area contributed by atoms with E-state index in [0.717, 1.165) is 43.0 Å². The van der Waals surface area contributed by atoms with Gasteiger partial charge in [0.25, 0.3) is 5.91 Å². The van der Waals surface area contributed by atoms with Crippen LogP contribution in [0.1, 0.15) is 26.4 Å². The third-order valence-corrected chi connectivity index (χ3v) is 5.70. The van der Waals surface area contributed by atoms with Crippen molar-refractivity contribution in [3.05, 3.63) is 51.2 Å². The molecule has 3 heterocycles. The largest absolute Gasteiger partial charge is 0.380 e. The van der Waals surface area contributed by atoms with E-state index >= 15 is 0 Å². The van der Waals surface area contributed by atoms with Crippen LogP contribution >= 0.6 is 11.3 Å². The predicted octanol–water partition coefficient (Wildman–Crippen LogP) is 2.48. The van der Waals surface area contributed by atoms with Crippen molar-refractivity contribution in [2.75, 3.05) is 38.5 Å². The number of likely N-dealkylation sites (N-methyl/N-ethyl adjacent to an activating group) is 1. The van der Waals surface area contributed by atoms with Gasteiger partial charge < -0.3 is 15.1 Å². The Balaban J connectivity index is 1.62. The lowest BCUT2D eigenvalue weighted by Gasteiger charge is -2.32. The number of thiophene rings is 1. The highest BCUT2D eigenvalue weighted by molar-refractivity contribution is 7.10. The summed E-state index contributed by atoms with van der Waals surface area (Å²) in [4.78, 5) is 18.1. The molecule has 0 bridgehead atoms. The van der Waals surface area contributed by atoms with E-state index in [-0.39, 0.29) is 5.91 Å². The van der Waals surface area contributed by atoms with Crippen LogP contribution in [0.25, 0.3) is 0 Å². The van der Waals surface area contributed by atoms with Gasteiger partial charge in [-0.15, -0.1) is 11.3 Å². The first-order valence-corrected chi connectivity index (χ1v) is 9.03. The van der Waals surface area contributed by atoms with Gasteiger partial charge in [-0.25, -0.2) is 0 Å². The van der Waals surface area contributed by atoms with Crippen molar-refractivity contribution >= 4 is 28.6 Å². The number of hydrogen-bond acceptors (Lipinski definition) is 5. The summed E-state index contributed by atoms with van der Waals surface area (Å²) in [7, 11) is 2.08.